The average Bonchev–Trinajstić information content (AvgIpc) is 2.88. The summed E-state index contributed by atoms with van der Waals surface area (Å²) < 4.78 is 80.2. The van der Waals surface area contributed by atoms with Crippen molar-refractivity contribution >= 4 is 5.91 Å². The van der Waals surface area contributed by atoms with E-state index in [2.05, 4.69) is 15.5 Å². The number of rotatable bonds is 5. The average molecular weight is 528 g/mol. The standard InChI is InChI=1S/C27H31F6N3O/c1-18(19-15-21(26(28,29)30)17-22(16-19)27(31,32)33)24(37)35-25(20-5-3-2-4-6-20)9-7-23(8-10-25)36-13-11-34-12-14-36/h2-6,15-18,23,34H,7-14H2,1H3,(H,35,37)/t18?,23-,25-. The first-order chi connectivity index (χ1) is 17.4. The van der Waals surface area contributed by atoms with Crippen LogP contribution in [0.4, 0.5) is 26.3 Å². The van der Waals surface area contributed by atoms with Gasteiger partial charge in [-0.25, -0.2) is 0 Å². The van der Waals surface area contributed by atoms with Gasteiger partial charge in [0.15, 0.2) is 0 Å². The zero-order chi connectivity index (χ0) is 26.8. The number of nitrogens with one attached hydrogen (secondary N) is 2. The topological polar surface area (TPSA) is 44.4 Å². The molecule has 2 N–H and O–H groups in total. The van der Waals surface area contributed by atoms with E-state index >= 15 is 0 Å². The van der Waals surface area contributed by atoms with Crippen molar-refractivity contribution in [1.82, 2.24) is 15.5 Å². The van der Waals surface area contributed by atoms with Crippen LogP contribution in [0.3, 0.4) is 0 Å². The Morgan fingerprint density at radius 1 is 0.946 bits per heavy atom. The van der Waals surface area contributed by atoms with Crippen LogP contribution in [0.25, 0.3) is 0 Å². The molecule has 2 aromatic carbocycles. The molecule has 2 aliphatic rings. The molecule has 1 aliphatic carbocycles. The summed E-state index contributed by atoms with van der Waals surface area (Å²) >= 11 is 0. The molecule has 1 heterocycles. The molecule has 37 heavy (non-hydrogen) atoms. The van der Waals surface area contributed by atoms with Crippen molar-refractivity contribution < 1.29 is 31.1 Å². The second-order valence-corrected chi connectivity index (χ2v) is 10.0. The minimum Gasteiger partial charge on any atom is -0.346 e. The van der Waals surface area contributed by atoms with E-state index in [1.807, 2.05) is 30.3 Å². The Kier molecular flexibility index (Phi) is 7.90. The van der Waals surface area contributed by atoms with Crippen LogP contribution in [-0.4, -0.2) is 43.0 Å². The number of carbonyl (C=O) groups is 1. The molecule has 4 rings (SSSR count). The summed E-state index contributed by atoms with van der Waals surface area (Å²) in [5, 5.41) is 6.39. The van der Waals surface area contributed by atoms with Gasteiger partial charge in [-0.05, 0) is 61.9 Å². The number of alkyl halides is 6. The number of nitrogens with zero attached hydrogens (tertiary/aromatic N) is 1. The van der Waals surface area contributed by atoms with E-state index in [0.717, 1.165) is 44.6 Å². The molecule has 202 valence electrons. The first kappa shape index (κ1) is 27.4. The van der Waals surface area contributed by atoms with Crippen LogP contribution in [0.1, 0.15) is 60.8 Å². The fraction of sp³-hybridized carbons (Fsp3) is 0.519. The van der Waals surface area contributed by atoms with Crippen LogP contribution in [0.15, 0.2) is 48.5 Å². The molecule has 0 aromatic heterocycles. The molecule has 1 amide bonds. The molecule has 2 aromatic rings. The lowest BCUT2D eigenvalue weighted by atomic mass is 9.74. The van der Waals surface area contributed by atoms with E-state index < -0.39 is 40.8 Å². The van der Waals surface area contributed by atoms with Crippen LogP contribution in [0.2, 0.25) is 0 Å². The highest BCUT2D eigenvalue weighted by molar-refractivity contribution is 5.84. The summed E-state index contributed by atoms with van der Waals surface area (Å²) in [6.07, 6.45) is -7.04. The lowest BCUT2D eigenvalue weighted by Gasteiger charge is -2.45. The Morgan fingerprint density at radius 2 is 1.49 bits per heavy atom. The predicted octanol–water partition coefficient (Wildman–Crippen LogP) is 5.69. The Morgan fingerprint density at radius 3 is 2.00 bits per heavy atom. The normalized spacial score (nSPS) is 24.5. The van der Waals surface area contributed by atoms with Crippen molar-refractivity contribution in [2.24, 2.45) is 0 Å². The van der Waals surface area contributed by atoms with Gasteiger partial charge >= 0.3 is 12.4 Å². The smallest absolute Gasteiger partial charge is 0.346 e. The molecule has 4 nitrogen and oxygen atoms in total. The Hall–Kier alpha value is -2.59. The molecule has 1 unspecified atom stereocenters. The molecule has 0 bridgehead atoms. The Labute approximate surface area is 212 Å². The largest absolute Gasteiger partial charge is 0.416 e. The second kappa shape index (κ2) is 10.6. The van der Waals surface area contributed by atoms with Gasteiger partial charge in [-0.15, -0.1) is 0 Å². The molecular weight excluding hydrogens is 496 g/mol. The van der Waals surface area contributed by atoms with Gasteiger partial charge < -0.3 is 10.6 Å². The number of halogens is 6. The number of carbonyl (C=O) groups excluding carboxylic acids is 1. The van der Waals surface area contributed by atoms with Crippen molar-refractivity contribution in [3.63, 3.8) is 0 Å². The van der Waals surface area contributed by atoms with Crippen LogP contribution in [0, 0.1) is 0 Å². The van der Waals surface area contributed by atoms with Crippen LogP contribution in [0.5, 0.6) is 0 Å². The summed E-state index contributed by atoms with van der Waals surface area (Å²) in [5.41, 5.74) is -3.03. The number of hydrogen-bond donors (Lipinski definition) is 2. The third kappa shape index (κ3) is 6.29. The van der Waals surface area contributed by atoms with Crippen LogP contribution in [-0.2, 0) is 22.7 Å². The van der Waals surface area contributed by atoms with E-state index in [-0.39, 0.29) is 11.6 Å². The second-order valence-electron chi connectivity index (χ2n) is 10.0. The van der Waals surface area contributed by atoms with Gasteiger partial charge in [-0.2, -0.15) is 26.3 Å². The summed E-state index contributed by atoms with van der Waals surface area (Å²) in [4.78, 5) is 15.8. The highest BCUT2D eigenvalue weighted by Gasteiger charge is 2.42. The third-order valence-corrected chi connectivity index (χ3v) is 7.67. The van der Waals surface area contributed by atoms with Gasteiger partial charge in [0, 0.05) is 32.2 Å². The van der Waals surface area contributed by atoms with Crippen molar-refractivity contribution in [2.45, 2.75) is 62.5 Å². The first-order valence-corrected chi connectivity index (χ1v) is 12.5. The molecule has 10 heteroatoms. The number of amides is 1. The zero-order valence-electron chi connectivity index (χ0n) is 20.6. The van der Waals surface area contributed by atoms with Crippen LogP contribution < -0.4 is 10.6 Å². The maximum absolute atomic E-state index is 13.4. The first-order valence-electron chi connectivity index (χ1n) is 12.5. The zero-order valence-corrected chi connectivity index (χ0v) is 20.6. The third-order valence-electron chi connectivity index (χ3n) is 7.67. The molecule has 1 saturated heterocycles. The van der Waals surface area contributed by atoms with Crippen molar-refractivity contribution in [3.05, 3.63) is 70.8 Å². The number of hydrogen-bond acceptors (Lipinski definition) is 3. The van der Waals surface area contributed by atoms with E-state index in [4.69, 9.17) is 0 Å². The van der Waals surface area contributed by atoms with Gasteiger partial charge in [0.25, 0.3) is 0 Å². The Bertz CT molecular complexity index is 1040. The van der Waals surface area contributed by atoms with Gasteiger partial charge in [0.1, 0.15) is 0 Å². The molecule has 1 saturated carbocycles. The van der Waals surface area contributed by atoms with Gasteiger partial charge in [0.2, 0.25) is 5.91 Å². The number of piperazine rings is 1. The summed E-state index contributed by atoms with van der Waals surface area (Å²) in [6.45, 7) is 5.08. The van der Waals surface area contributed by atoms with Crippen molar-refractivity contribution in [2.75, 3.05) is 26.2 Å². The highest BCUT2D eigenvalue weighted by Crippen LogP contribution is 2.41. The fourth-order valence-electron chi connectivity index (χ4n) is 5.48. The molecule has 1 atom stereocenters. The lowest BCUT2D eigenvalue weighted by Crippen LogP contribution is -2.54. The van der Waals surface area contributed by atoms with E-state index in [9.17, 15) is 31.1 Å². The molecular formula is C27H31F6N3O. The van der Waals surface area contributed by atoms with E-state index in [0.29, 0.717) is 31.0 Å². The monoisotopic (exact) mass is 527 g/mol. The molecule has 0 radical (unpaired) electrons. The van der Waals surface area contributed by atoms with Crippen molar-refractivity contribution in [1.29, 1.82) is 0 Å². The highest BCUT2D eigenvalue weighted by atomic mass is 19.4. The van der Waals surface area contributed by atoms with Gasteiger partial charge in [0.05, 0.1) is 22.6 Å². The minimum atomic E-state index is -4.97. The fourth-order valence-corrected chi connectivity index (χ4v) is 5.48. The maximum atomic E-state index is 13.4. The molecule has 2 fully saturated rings. The van der Waals surface area contributed by atoms with Crippen molar-refractivity contribution in [3.8, 4) is 0 Å². The minimum absolute atomic E-state index is 0.0803. The predicted molar refractivity (Wildman–Crippen MR) is 128 cm³/mol. The summed E-state index contributed by atoms with van der Waals surface area (Å²) in [7, 11) is 0. The quantitative estimate of drug-likeness (QED) is 0.492. The SMILES string of the molecule is CC(C(=O)N[C@]1(c2ccccc2)CC[C@@H](N2CCNCC2)CC1)c1cc(C(F)(F)F)cc(C(F)(F)F)c1. The van der Waals surface area contributed by atoms with E-state index in [1.54, 1.807) is 0 Å². The van der Waals surface area contributed by atoms with Crippen LogP contribution >= 0.6 is 0 Å². The number of benzene rings is 2. The molecule has 1 aliphatic heterocycles. The van der Waals surface area contributed by atoms with Gasteiger partial charge in [-0.1, -0.05) is 30.3 Å². The molecule has 0 spiro atoms. The van der Waals surface area contributed by atoms with Gasteiger partial charge in [-0.3, -0.25) is 9.69 Å². The summed E-state index contributed by atoms with van der Waals surface area (Å²) in [6, 6.07) is 11.1. The maximum Gasteiger partial charge on any atom is 0.416 e. The lowest BCUT2D eigenvalue weighted by molar-refractivity contribution is -0.143. The Balaban J connectivity index is 1.59. The summed E-state index contributed by atoms with van der Waals surface area (Å²) in [5.74, 6) is -1.81. The van der Waals surface area contributed by atoms with E-state index in [1.165, 1.54) is 6.92 Å².